The van der Waals surface area contributed by atoms with E-state index in [9.17, 15) is 4.79 Å². The zero-order valence-corrected chi connectivity index (χ0v) is 18.6. The Bertz CT molecular complexity index is 1250. The van der Waals surface area contributed by atoms with Gasteiger partial charge in [-0.05, 0) is 61.2 Å². The lowest BCUT2D eigenvalue weighted by atomic mass is 10.00. The highest BCUT2D eigenvalue weighted by atomic mass is 16.5. The van der Waals surface area contributed by atoms with Crippen LogP contribution in [-0.4, -0.2) is 66.6 Å². The summed E-state index contributed by atoms with van der Waals surface area (Å²) in [7, 11) is 0. The molecule has 3 heterocycles. The summed E-state index contributed by atoms with van der Waals surface area (Å²) < 4.78 is 5.76. The number of amides is 1. The first-order valence-electron chi connectivity index (χ1n) is 10.9. The molecular formula is C24H25N7O2. The fourth-order valence-electron chi connectivity index (χ4n) is 4.15. The number of aromatic nitrogens is 6. The summed E-state index contributed by atoms with van der Waals surface area (Å²) in [6.07, 6.45) is 7.20. The van der Waals surface area contributed by atoms with Gasteiger partial charge in [-0.25, -0.2) is 0 Å². The Kier molecular flexibility index (Phi) is 5.70. The second kappa shape index (κ2) is 8.95. The van der Waals surface area contributed by atoms with E-state index in [1.54, 1.807) is 29.6 Å². The Hall–Kier alpha value is -3.85. The molecule has 9 heteroatoms. The van der Waals surface area contributed by atoms with E-state index in [1.165, 1.54) is 4.80 Å². The van der Waals surface area contributed by atoms with E-state index in [0.29, 0.717) is 37.4 Å². The number of aryl methyl sites for hydroxylation is 2. The van der Waals surface area contributed by atoms with Gasteiger partial charge in [0.2, 0.25) is 0 Å². The number of morpholine rings is 1. The molecule has 0 aliphatic carbocycles. The second-order valence-corrected chi connectivity index (χ2v) is 8.19. The van der Waals surface area contributed by atoms with Crippen LogP contribution in [0.1, 0.15) is 27.0 Å². The second-order valence-electron chi connectivity index (χ2n) is 8.19. The van der Waals surface area contributed by atoms with Gasteiger partial charge in [-0.3, -0.25) is 4.79 Å². The summed E-state index contributed by atoms with van der Waals surface area (Å²) in [4.78, 5) is 18.8. The molecule has 0 N–H and O–H groups in total. The molecule has 33 heavy (non-hydrogen) atoms. The van der Waals surface area contributed by atoms with Crippen LogP contribution < -0.4 is 0 Å². The first-order chi connectivity index (χ1) is 16.1. The van der Waals surface area contributed by atoms with Crippen LogP contribution in [0.5, 0.6) is 0 Å². The third kappa shape index (κ3) is 4.27. The normalized spacial score (nSPS) is 16.2. The lowest BCUT2D eigenvalue weighted by Crippen LogP contribution is -2.50. The molecule has 1 unspecified atom stereocenters. The molecule has 5 rings (SSSR count). The average Bonchev–Trinajstić information content (AvgIpc) is 3.55. The molecule has 168 valence electrons. The number of ether oxygens (including phenoxy) is 1. The van der Waals surface area contributed by atoms with Crippen molar-refractivity contribution >= 4 is 5.91 Å². The third-order valence-corrected chi connectivity index (χ3v) is 6.00. The molecule has 1 saturated heterocycles. The van der Waals surface area contributed by atoms with Crippen LogP contribution in [0, 0.1) is 13.8 Å². The van der Waals surface area contributed by atoms with Crippen LogP contribution >= 0.6 is 0 Å². The van der Waals surface area contributed by atoms with E-state index in [1.807, 2.05) is 49.1 Å². The number of nitrogens with zero attached hydrogens (tertiary/aromatic N) is 7. The number of benzene rings is 2. The van der Waals surface area contributed by atoms with E-state index in [-0.39, 0.29) is 11.9 Å². The molecule has 1 atom stereocenters. The zero-order chi connectivity index (χ0) is 22.8. The predicted molar refractivity (Wildman–Crippen MR) is 122 cm³/mol. The molecule has 2 aromatic heterocycles. The molecule has 4 aromatic rings. The van der Waals surface area contributed by atoms with Gasteiger partial charge in [-0.1, -0.05) is 12.1 Å². The van der Waals surface area contributed by atoms with E-state index in [4.69, 9.17) is 4.74 Å². The smallest absolute Gasteiger partial charge is 0.256 e. The molecule has 0 bridgehead atoms. The summed E-state index contributed by atoms with van der Waals surface area (Å²) in [6.45, 7) is 5.56. The summed E-state index contributed by atoms with van der Waals surface area (Å²) >= 11 is 0. The number of rotatable bonds is 5. The Morgan fingerprint density at radius 3 is 2.42 bits per heavy atom. The summed E-state index contributed by atoms with van der Waals surface area (Å²) in [6, 6.07) is 11.9. The topological polar surface area (TPSA) is 91.0 Å². The van der Waals surface area contributed by atoms with Gasteiger partial charge in [-0.15, -0.1) is 0 Å². The van der Waals surface area contributed by atoms with E-state index < -0.39 is 0 Å². The molecule has 0 radical (unpaired) electrons. The summed E-state index contributed by atoms with van der Waals surface area (Å²) in [5, 5.41) is 16.9. The lowest BCUT2D eigenvalue weighted by Gasteiger charge is -2.36. The van der Waals surface area contributed by atoms with Gasteiger partial charge in [0.05, 0.1) is 61.0 Å². The Morgan fingerprint density at radius 2 is 1.67 bits per heavy atom. The van der Waals surface area contributed by atoms with Gasteiger partial charge in [0.25, 0.3) is 5.91 Å². The van der Waals surface area contributed by atoms with Crippen molar-refractivity contribution in [3.63, 3.8) is 0 Å². The lowest BCUT2D eigenvalue weighted by molar-refractivity contribution is -0.00165. The van der Waals surface area contributed by atoms with E-state index >= 15 is 0 Å². The number of carbonyl (C=O) groups excluding carboxylic acids is 1. The highest BCUT2D eigenvalue weighted by molar-refractivity contribution is 5.98. The van der Waals surface area contributed by atoms with Crippen LogP contribution in [0.3, 0.4) is 0 Å². The molecule has 1 aliphatic rings. The molecular weight excluding hydrogens is 418 g/mol. The first kappa shape index (κ1) is 21.0. The van der Waals surface area contributed by atoms with Gasteiger partial charge in [0.15, 0.2) is 0 Å². The monoisotopic (exact) mass is 443 g/mol. The first-order valence-corrected chi connectivity index (χ1v) is 10.9. The maximum atomic E-state index is 13.8. The fraction of sp³-hybridized carbons (Fsp3) is 0.292. The SMILES string of the molecule is Cc1cc(C(=O)N2CCOCC2Cc2cccc(-n3nccn3)c2)c(-n2nccn2)cc1C. The van der Waals surface area contributed by atoms with Crippen LogP contribution in [0.15, 0.2) is 61.2 Å². The molecule has 0 saturated carbocycles. The maximum Gasteiger partial charge on any atom is 0.256 e. The van der Waals surface area contributed by atoms with Crippen molar-refractivity contribution in [2.75, 3.05) is 19.8 Å². The van der Waals surface area contributed by atoms with Gasteiger partial charge >= 0.3 is 0 Å². The van der Waals surface area contributed by atoms with Crippen LogP contribution in [-0.2, 0) is 11.2 Å². The quantitative estimate of drug-likeness (QED) is 0.471. The molecule has 0 spiro atoms. The van der Waals surface area contributed by atoms with Crippen molar-refractivity contribution in [2.45, 2.75) is 26.3 Å². The van der Waals surface area contributed by atoms with Crippen molar-refractivity contribution in [1.82, 2.24) is 34.9 Å². The third-order valence-electron chi connectivity index (χ3n) is 6.00. The minimum absolute atomic E-state index is 0.0383. The van der Waals surface area contributed by atoms with Crippen molar-refractivity contribution in [3.05, 3.63) is 83.4 Å². The van der Waals surface area contributed by atoms with Gasteiger partial charge in [0, 0.05) is 6.54 Å². The van der Waals surface area contributed by atoms with Crippen molar-refractivity contribution in [1.29, 1.82) is 0 Å². The largest absolute Gasteiger partial charge is 0.377 e. The number of carbonyl (C=O) groups is 1. The molecule has 1 fully saturated rings. The summed E-state index contributed by atoms with van der Waals surface area (Å²) in [5.74, 6) is -0.0383. The molecule has 1 aliphatic heterocycles. The van der Waals surface area contributed by atoms with Crippen LogP contribution in [0.2, 0.25) is 0 Å². The number of hydrogen-bond acceptors (Lipinski definition) is 6. The van der Waals surface area contributed by atoms with Crippen molar-refractivity contribution in [3.8, 4) is 11.4 Å². The molecule has 2 aromatic carbocycles. The van der Waals surface area contributed by atoms with E-state index in [0.717, 1.165) is 22.4 Å². The van der Waals surface area contributed by atoms with Gasteiger partial charge < -0.3 is 9.64 Å². The Labute approximate surface area is 191 Å². The van der Waals surface area contributed by atoms with Crippen molar-refractivity contribution < 1.29 is 9.53 Å². The maximum absolute atomic E-state index is 13.8. The Morgan fingerprint density at radius 1 is 0.970 bits per heavy atom. The molecule has 1 amide bonds. The summed E-state index contributed by atoms with van der Waals surface area (Å²) in [5.41, 5.74) is 5.39. The van der Waals surface area contributed by atoms with Gasteiger partial charge in [0.1, 0.15) is 0 Å². The van der Waals surface area contributed by atoms with Crippen LogP contribution in [0.25, 0.3) is 11.4 Å². The average molecular weight is 444 g/mol. The van der Waals surface area contributed by atoms with E-state index in [2.05, 4.69) is 26.5 Å². The zero-order valence-electron chi connectivity index (χ0n) is 18.6. The highest BCUT2D eigenvalue weighted by Gasteiger charge is 2.30. The number of hydrogen-bond donors (Lipinski definition) is 0. The minimum Gasteiger partial charge on any atom is -0.377 e. The molecule has 9 nitrogen and oxygen atoms in total. The minimum atomic E-state index is -0.0906. The van der Waals surface area contributed by atoms with Crippen molar-refractivity contribution in [2.24, 2.45) is 0 Å². The van der Waals surface area contributed by atoms with Gasteiger partial charge in [-0.2, -0.15) is 30.0 Å². The standard InChI is InChI=1S/C24H25N7O2/c1-17-12-22(23(13-18(17)2)31-27-8-9-28-31)24(32)29-10-11-33-16-21(29)15-19-4-3-5-20(14-19)30-25-6-7-26-30/h3-9,12-14,21H,10-11,15-16H2,1-2H3. The van der Waals surface area contributed by atoms with Crippen LogP contribution in [0.4, 0.5) is 0 Å². The Balaban J connectivity index is 1.45. The predicted octanol–water partition coefficient (Wildman–Crippen LogP) is 2.55. The fourth-order valence-corrected chi connectivity index (χ4v) is 4.15. The highest BCUT2D eigenvalue weighted by Crippen LogP contribution is 2.24.